The molecule has 0 rings (SSSR count). The van der Waals surface area contributed by atoms with Crippen LogP contribution in [0, 0.1) is 0 Å². The average molecular weight is 382 g/mol. The molecule has 4 nitrogen and oxygen atoms in total. The molecular formula is C21H44NNaO3. The van der Waals surface area contributed by atoms with E-state index in [-0.39, 0.29) is 36.2 Å². The van der Waals surface area contributed by atoms with Gasteiger partial charge in [0.05, 0.1) is 13.2 Å². The third kappa shape index (κ3) is 20.7. The predicted octanol–water partition coefficient (Wildman–Crippen LogP) is 4.46. The third-order valence-electron chi connectivity index (χ3n) is 4.74. The molecule has 0 aromatic carbocycles. The van der Waals surface area contributed by atoms with Gasteiger partial charge in [0.2, 0.25) is 0 Å². The molecule has 0 saturated carbocycles. The van der Waals surface area contributed by atoms with E-state index < -0.39 is 12.0 Å². The molecule has 0 unspecified atom stereocenters. The normalized spacial score (nSPS) is 11.8. The molecule has 0 aliphatic rings. The van der Waals surface area contributed by atoms with E-state index in [2.05, 4.69) is 6.92 Å². The van der Waals surface area contributed by atoms with Crippen molar-refractivity contribution in [2.75, 3.05) is 13.2 Å². The number of rotatable bonds is 19. The van der Waals surface area contributed by atoms with Gasteiger partial charge < -0.3 is 15.6 Å². The molecule has 0 aromatic rings. The van der Waals surface area contributed by atoms with Crippen LogP contribution in [0.5, 0.6) is 0 Å². The summed E-state index contributed by atoms with van der Waals surface area (Å²) in [6.45, 7) is 2.34. The Morgan fingerprint density at radius 1 is 0.769 bits per heavy atom. The van der Waals surface area contributed by atoms with Crippen molar-refractivity contribution < 1.29 is 14.6 Å². The molecule has 0 saturated heterocycles. The predicted molar refractivity (Wildman–Crippen MR) is 113 cm³/mol. The summed E-state index contributed by atoms with van der Waals surface area (Å²) in [7, 11) is 0. The molecule has 0 aliphatic carbocycles. The Morgan fingerprint density at radius 3 is 1.46 bits per heavy atom. The van der Waals surface area contributed by atoms with Gasteiger partial charge in [0.1, 0.15) is 6.04 Å². The SMILES string of the molecule is CCCCCCCCCCCCCCCCCCOC(=O)[C@@H](N)CO.[NaH]. The monoisotopic (exact) mass is 381 g/mol. The number of hydrogen-bond acceptors (Lipinski definition) is 4. The molecule has 0 aliphatic heterocycles. The molecule has 152 valence electrons. The fraction of sp³-hybridized carbons (Fsp3) is 0.952. The van der Waals surface area contributed by atoms with E-state index in [0.717, 1.165) is 12.8 Å². The number of ether oxygens (including phenoxy) is 1. The van der Waals surface area contributed by atoms with Crippen LogP contribution in [0.3, 0.4) is 0 Å². The van der Waals surface area contributed by atoms with Gasteiger partial charge in [-0.25, -0.2) is 0 Å². The molecule has 0 bridgehead atoms. The molecule has 26 heavy (non-hydrogen) atoms. The van der Waals surface area contributed by atoms with Crippen LogP contribution in [0.2, 0.25) is 0 Å². The van der Waals surface area contributed by atoms with E-state index >= 15 is 0 Å². The van der Waals surface area contributed by atoms with Crippen molar-refractivity contribution in [3.05, 3.63) is 0 Å². The first-order chi connectivity index (χ1) is 12.2. The van der Waals surface area contributed by atoms with Crippen molar-refractivity contribution in [3.63, 3.8) is 0 Å². The van der Waals surface area contributed by atoms with Crippen molar-refractivity contribution in [2.45, 2.75) is 116 Å². The Balaban J connectivity index is 0. The second kappa shape index (κ2) is 23.4. The van der Waals surface area contributed by atoms with Crippen LogP contribution in [-0.4, -0.2) is 59.9 Å². The summed E-state index contributed by atoms with van der Waals surface area (Å²) in [5.41, 5.74) is 5.36. The van der Waals surface area contributed by atoms with Gasteiger partial charge in [-0.2, -0.15) is 0 Å². The van der Waals surface area contributed by atoms with Gasteiger partial charge in [-0.05, 0) is 6.42 Å². The van der Waals surface area contributed by atoms with Crippen LogP contribution in [0.25, 0.3) is 0 Å². The molecule has 3 N–H and O–H groups in total. The van der Waals surface area contributed by atoms with E-state index in [4.69, 9.17) is 15.6 Å². The Labute approximate surface area is 184 Å². The van der Waals surface area contributed by atoms with E-state index in [0.29, 0.717) is 6.61 Å². The number of aliphatic hydroxyl groups excluding tert-OH is 1. The van der Waals surface area contributed by atoms with Gasteiger partial charge in [-0.3, -0.25) is 4.79 Å². The number of carbonyl (C=O) groups excluding carboxylic acids is 1. The zero-order valence-electron chi connectivity index (χ0n) is 16.6. The summed E-state index contributed by atoms with van der Waals surface area (Å²) in [5.74, 6) is -0.497. The Bertz CT molecular complexity index is 290. The van der Waals surface area contributed by atoms with Gasteiger partial charge in [0.15, 0.2) is 0 Å². The number of nitrogens with two attached hydrogens (primary N) is 1. The minimum atomic E-state index is -0.888. The molecule has 0 spiro atoms. The summed E-state index contributed by atoms with van der Waals surface area (Å²) in [4.78, 5) is 11.2. The maximum absolute atomic E-state index is 11.2. The Hall–Kier alpha value is 0.390. The van der Waals surface area contributed by atoms with Crippen LogP contribution >= 0.6 is 0 Å². The fourth-order valence-corrected chi connectivity index (χ4v) is 3.00. The molecule has 0 radical (unpaired) electrons. The Kier molecular flexibility index (Phi) is 25.8. The van der Waals surface area contributed by atoms with E-state index in [1.807, 2.05) is 0 Å². The topological polar surface area (TPSA) is 72.5 Å². The fourth-order valence-electron chi connectivity index (χ4n) is 3.00. The van der Waals surface area contributed by atoms with Crippen LogP contribution in [0.4, 0.5) is 0 Å². The first-order valence-electron chi connectivity index (χ1n) is 10.8. The summed E-state index contributed by atoms with van der Waals surface area (Å²) in [6, 6.07) is -0.888. The van der Waals surface area contributed by atoms with Crippen molar-refractivity contribution in [1.29, 1.82) is 0 Å². The van der Waals surface area contributed by atoms with Gasteiger partial charge in [-0.1, -0.05) is 103 Å². The molecule has 0 aromatic heterocycles. The number of hydrogen-bond donors (Lipinski definition) is 2. The van der Waals surface area contributed by atoms with Crippen LogP contribution in [0.1, 0.15) is 110 Å². The number of esters is 1. The van der Waals surface area contributed by atoms with Gasteiger partial charge in [-0.15, -0.1) is 0 Å². The van der Waals surface area contributed by atoms with Crippen molar-refractivity contribution in [2.24, 2.45) is 5.73 Å². The van der Waals surface area contributed by atoms with Crippen LogP contribution < -0.4 is 5.73 Å². The van der Waals surface area contributed by atoms with Crippen LogP contribution in [-0.2, 0) is 9.53 Å². The first-order valence-corrected chi connectivity index (χ1v) is 10.8. The quantitative estimate of drug-likeness (QED) is 0.197. The van der Waals surface area contributed by atoms with Gasteiger partial charge >= 0.3 is 35.5 Å². The van der Waals surface area contributed by atoms with Gasteiger partial charge in [0.25, 0.3) is 0 Å². The zero-order valence-corrected chi connectivity index (χ0v) is 16.6. The molecule has 5 heteroatoms. The maximum atomic E-state index is 11.2. The molecule has 0 heterocycles. The zero-order chi connectivity index (χ0) is 18.6. The molecule has 0 amide bonds. The second-order valence-corrected chi connectivity index (χ2v) is 7.26. The second-order valence-electron chi connectivity index (χ2n) is 7.26. The summed E-state index contributed by atoms with van der Waals surface area (Å²) in [6.07, 6.45) is 21.2. The Morgan fingerprint density at radius 2 is 1.12 bits per heavy atom. The average Bonchev–Trinajstić information content (AvgIpc) is 2.63. The summed E-state index contributed by atoms with van der Waals surface area (Å²) in [5, 5.41) is 8.72. The first kappa shape index (κ1) is 28.6. The van der Waals surface area contributed by atoms with Crippen molar-refractivity contribution >= 4 is 35.5 Å². The number of carbonyl (C=O) groups is 1. The van der Waals surface area contributed by atoms with Crippen LogP contribution in [0.15, 0.2) is 0 Å². The van der Waals surface area contributed by atoms with E-state index in [1.165, 1.54) is 89.9 Å². The van der Waals surface area contributed by atoms with E-state index in [1.54, 1.807) is 0 Å². The third-order valence-corrected chi connectivity index (χ3v) is 4.74. The van der Waals surface area contributed by atoms with E-state index in [9.17, 15) is 4.79 Å². The summed E-state index contributed by atoms with van der Waals surface area (Å²) < 4.78 is 4.99. The van der Waals surface area contributed by atoms with Crippen molar-refractivity contribution in [3.8, 4) is 0 Å². The summed E-state index contributed by atoms with van der Waals surface area (Å²) >= 11 is 0. The minimum absolute atomic E-state index is 0. The molecule has 0 fully saturated rings. The molecular weight excluding hydrogens is 337 g/mol. The van der Waals surface area contributed by atoms with Crippen molar-refractivity contribution in [1.82, 2.24) is 0 Å². The standard InChI is InChI=1S/C21H43NO3.Na.H/c1-2-3-4-5-6-7-8-9-10-11-12-13-14-15-16-17-18-25-21(24)20(22)19-23;;/h20,23H,2-19,22H2,1H3;;/t20-;;/m0../s1. The number of unbranched alkanes of at least 4 members (excludes halogenated alkanes) is 15. The van der Waals surface area contributed by atoms with Gasteiger partial charge in [0, 0.05) is 0 Å². The number of aliphatic hydroxyl groups is 1. The molecule has 1 atom stereocenters.